The van der Waals surface area contributed by atoms with Gasteiger partial charge in [-0.3, -0.25) is 4.79 Å². The Morgan fingerprint density at radius 2 is 1.97 bits per heavy atom. The van der Waals surface area contributed by atoms with Crippen LogP contribution >= 0.6 is 0 Å². The van der Waals surface area contributed by atoms with E-state index in [0.29, 0.717) is 18.4 Å². The van der Waals surface area contributed by atoms with E-state index in [4.69, 9.17) is 0 Å². The van der Waals surface area contributed by atoms with Gasteiger partial charge in [-0.2, -0.15) is 0 Å². The molecule has 0 saturated carbocycles. The molecule has 5 rings (SSSR count). The first-order valence-electron chi connectivity index (χ1n) is 10.1. The molecule has 7 heteroatoms. The molecule has 2 aliphatic rings. The molecule has 3 heterocycles. The van der Waals surface area contributed by atoms with Crippen LogP contribution in [-0.2, 0) is 6.54 Å². The minimum atomic E-state index is 0.113. The lowest BCUT2D eigenvalue weighted by molar-refractivity contribution is 0.0713. The Morgan fingerprint density at radius 3 is 2.72 bits per heavy atom. The van der Waals surface area contributed by atoms with E-state index in [2.05, 4.69) is 56.9 Å². The highest BCUT2D eigenvalue weighted by Gasteiger charge is 2.47. The number of rotatable bonds is 4. The summed E-state index contributed by atoms with van der Waals surface area (Å²) in [7, 11) is 0. The summed E-state index contributed by atoms with van der Waals surface area (Å²) in [6, 6.07) is 16.4. The van der Waals surface area contributed by atoms with Crippen molar-refractivity contribution in [3.63, 3.8) is 0 Å². The zero-order valence-electron chi connectivity index (χ0n) is 16.4. The Balaban J connectivity index is 1.41. The minimum Gasteiger partial charge on any atom is -0.331 e. The summed E-state index contributed by atoms with van der Waals surface area (Å²) in [6.45, 7) is 5.50. The molecule has 7 nitrogen and oxygen atoms in total. The lowest BCUT2D eigenvalue weighted by atomic mass is 9.87. The molecule has 3 aromatic rings. The number of hydrogen-bond acceptors (Lipinski definition) is 5. The second-order valence-electron chi connectivity index (χ2n) is 8.05. The molecule has 2 fully saturated rings. The van der Waals surface area contributed by atoms with Crippen molar-refractivity contribution in [3.8, 4) is 0 Å². The van der Waals surface area contributed by atoms with E-state index >= 15 is 0 Å². The molecule has 1 aromatic heterocycles. The molecule has 2 saturated heterocycles. The molecule has 0 bridgehead atoms. The molecule has 148 valence electrons. The molecular weight excluding hydrogens is 364 g/mol. The van der Waals surface area contributed by atoms with Crippen LogP contribution in [0.5, 0.6) is 0 Å². The van der Waals surface area contributed by atoms with Gasteiger partial charge in [0.15, 0.2) is 0 Å². The van der Waals surface area contributed by atoms with Gasteiger partial charge < -0.3 is 10.2 Å². The summed E-state index contributed by atoms with van der Waals surface area (Å²) in [6.07, 6.45) is 1.59. The van der Waals surface area contributed by atoms with E-state index in [1.54, 1.807) is 11.0 Å². The smallest absolute Gasteiger partial charge is 0.254 e. The molecule has 0 aliphatic carbocycles. The van der Waals surface area contributed by atoms with Crippen LogP contribution in [0.2, 0.25) is 0 Å². The topological polar surface area (TPSA) is 75.9 Å². The maximum absolute atomic E-state index is 13.5. The maximum Gasteiger partial charge on any atom is 0.254 e. The van der Waals surface area contributed by atoms with Gasteiger partial charge in [0.05, 0.1) is 12.6 Å². The fourth-order valence-corrected chi connectivity index (χ4v) is 4.80. The second kappa shape index (κ2) is 7.40. The number of carbonyl (C=O) groups is 1. The van der Waals surface area contributed by atoms with Gasteiger partial charge in [-0.25, -0.2) is 4.68 Å². The number of nitrogens with zero attached hydrogens (tertiary/aromatic N) is 5. The van der Waals surface area contributed by atoms with E-state index in [-0.39, 0.29) is 11.9 Å². The Hall–Kier alpha value is -3.06. The normalized spacial score (nSPS) is 23.3. The number of benzene rings is 2. The van der Waals surface area contributed by atoms with Gasteiger partial charge in [-0.1, -0.05) is 36.4 Å². The van der Waals surface area contributed by atoms with Gasteiger partial charge in [0.1, 0.15) is 6.33 Å². The standard InChI is InChI=1S/C22H24N6O/c1-15-4-2-3-5-19(15)21-20-11-23-10-18(20)13-28(21)22(29)17-8-6-16(7-9-17)12-27-14-24-25-26-27/h2-9,14,18,20-21,23H,10-13H2,1H3/t18-,20-,21+/m0/s1. The monoisotopic (exact) mass is 388 g/mol. The average molecular weight is 388 g/mol. The van der Waals surface area contributed by atoms with Crippen molar-refractivity contribution in [2.45, 2.75) is 19.5 Å². The molecule has 1 amide bonds. The van der Waals surface area contributed by atoms with Gasteiger partial charge >= 0.3 is 0 Å². The number of likely N-dealkylation sites (tertiary alicyclic amines) is 1. The van der Waals surface area contributed by atoms with Gasteiger partial charge in [0.25, 0.3) is 5.91 Å². The second-order valence-corrected chi connectivity index (χ2v) is 8.05. The third kappa shape index (κ3) is 3.31. The van der Waals surface area contributed by atoms with Crippen molar-refractivity contribution >= 4 is 5.91 Å². The SMILES string of the molecule is Cc1ccccc1[C@@H]1[C@H]2CNC[C@H]2CN1C(=O)c1ccc(Cn2cnnn2)cc1. The van der Waals surface area contributed by atoms with Gasteiger partial charge in [0, 0.05) is 31.1 Å². The van der Waals surface area contributed by atoms with Crippen molar-refractivity contribution in [1.82, 2.24) is 30.4 Å². The summed E-state index contributed by atoms with van der Waals surface area (Å²) >= 11 is 0. The van der Waals surface area contributed by atoms with Crippen molar-refractivity contribution in [1.29, 1.82) is 0 Å². The van der Waals surface area contributed by atoms with Crippen molar-refractivity contribution in [3.05, 3.63) is 77.1 Å². The molecule has 3 atom stereocenters. The Labute approximate surface area is 169 Å². The summed E-state index contributed by atoms with van der Waals surface area (Å²) < 4.78 is 1.67. The number of fused-ring (bicyclic) bond motifs is 1. The van der Waals surface area contributed by atoms with E-state index in [1.165, 1.54) is 11.1 Å². The van der Waals surface area contributed by atoms with Crippen LogP contribution in [0.1, 0.15) is 33.1 Å². The molecular formula is C22H24N6O. The number of aromatic nitrogens is 4. The quantitative estimate of drug-likeness (QED) is 0.740. The molecule has 29 heavy (non-hydrogen) atoms. The lowest BCUT2D eigenvalue weighted by Crippen LogP contribution is -2.35. The molecule has 2 aromatic carbocycles. The Kier molecular flexibility index (Phi) is 4.60. The van der Waals surface area contributed by atoms with E-state index in [0.717, 1.165) is 30.8 Å². The van der Waals surface area contributed by atoms with E-state index < -0.39 is 0 Å². The fourth-order valence-electron chi connectivity index (χ4n) is 4.80. The summed E-state index contributed by atoms with van der Waals surface area (Å²) in [5.41, 5.74) is 4.32. The Morgan fingerprint density at radius 1 is 1.14 bits per heavy atom. The zero-order chi connectivity index (χ0) is 19.8. The first kappa shape index (κ1) is 18.0. The summed E-state index contributed by atoms with van der Waals surface area (Å²) in [5, 5.41) is 14.7. The first-order valence-corrected chi connectivity index (χ1v) is 10.1. The van der Waals surface area contributed by atoms with Crippen LogP contribution < -0.4 is 5.32 Å². The summed E-state index contributed by atoms with van der Waals surface area (Å²) in [4.78, 5) is 15.6. The van der Waals surface area contributed by atoms with Crippen LogP contribution in [0, 0.1) is 18.8 Å². The van der Waals surface area contributed by atoms with E-state index in [1.807, 2.05) is 24.3 Å². The van der Waals surface area contributed by atoms with Crippen LogP contribution in [0.4, 0.5) is 0 Å². The van der Waals surface area contributed by atoms with Crippen molar-refractivity contribution in [2.24, 2.45) is 11.8 Å². The number of aryl methyl sites for hydroxylation is 1. The van der Waals surface area contributed by atoms with Crippen molar-refractivity contribution < 1.29 is 4.79 Å². The maximum atomic E-state index is 13.5. The molecule has 0 radical (unpaired) electrons. The highest BCUT2D eigenvalue weighted by molar-refractivity contribution is 5.94. The molecule has 2 aliphatic heterocycles. The van der Waals surface area contributed by atoms with Gasteiger partial charge in [-0.15, -0.1) is 5.10 Å². The number of tetrazole rings is 1. The minimum absolute atomic E-state index is 0.113. The number of carbonyl (C=O) groups excluding carboxylic acids is 1. The molecule has 1 N–H and O–H groups in total. The number of nitrogens with one attached hydrogen (secondary N) is 1. The highest BCUT2D eigenvalue weighted by atomic mass is 16.2. The van der Waals surface area contributed by atoms with Crippen LogP contribution in [0.3, 0.4) is 0 Å². The van der Waals surface area contributed by atoms with Gasteiger partial charge in [0.2, 0.25) is 0 Å². The Bertz CT molecular complexity index is 1000. The van der Waals surface area contributed by atoms with Crippen LogP contribution in [0.25, 0.3) is 0 Å². The summed E-state index contributed by atoms with van der Waals surface area (Å²) in [5.74, 6) is 1.10. The van der Waals surface area contributed by atoms with Crippen molar-refractivity contribution in [2.75, 3.05) is 19.6 Å². The molecule has 0 unspecified atom stereocenters. The van der Waals surface area contributed by atoms with Gasteiger partial charge in [-0.05, 0) is 52.1 Å². The third-order valence-corrected chi connectivity index (χ3v) is 6.27. The van der Waals surface area contributed by atoms with E-state index in [9.17, 15) is 4.79 Å². The first-order chi connectivity index (χ1) is 14.2. The van der Waals surface area contributed by atoms with Crippen LogP contribution in [0.15, 0.2) is 54.9 Å². The third-order valence-electron chi connectivity index (χ3n) is 6.27. The highest BCUT2D eigenvalue weighted by Crippen LogP contribution is 2.44. The largest absolute Gasteiger partial charge is 0.331 e. The molecule has 0 spiro atoms. The lowest BCUT2D eigenvalue weighted by Gasteiger charge is -2.29. The number of amides is 1. The number of hydrogen-bond donors (Lipinski definition) is 1. The predicted octanol–water partition coefficient (Wildman–Crippen LogP) is 2.06. The average Bonchev–Trinajstić information content (AvgIpc) is 3.46. The fraction of sp³-hybridized carbons (Fsp3) is 0.364. The van der Waals surface area contributed by atoms with Crippen LogP contribution in [-0.4, -0.2) is 50.6 Å². The predicted molar refractivity (Wildman–Crippen MR) is 108 cm³/mol. The zero-order valence-corrected chi connectivity index (χ0v) is 16.4.